The zero-order valence-electron chi connectivity index (χ0n) is 13.9. The van der Waals surface area contributed by atoms with Gasteiger partial charge in [-0.2, -0.15) is 0 Å². The molecule has 0 aliphatic carbocycles. The predicted octanol–water partition coefficient (Wildman–Crippen LogP) is 2.22. The lowest BCUT2D eigenvalue weighted by Gasteiger charge is -2.24. The van der Waals surface area contributed by atoms with Crippen molar-refractivity contribution in [2.45, 2.75) is 32.0 Å². The van der Waals surface area contributed by atoms with E-state index in [2.05, 4.69) is 21.8 Å². The van der Waals surface area contributed by atoms with Gasteiger partial charge in [-0.25, -0.2) is 4.98 Å². The number of hydrogen-bond acceptors (Lipinski definition) is 5. The molecule has 1 fully saturated rings. The van der Waals surface area contributed by atoms with E-state index >= 15 is 0 Å². The van der Waals surface area contributed by atoms with Crippen LogP contribution in [0.2, 0.25) is 0 Å². The Labute approximate surface area is 137 Å². The topological polar surface area (TPSA) is 52.7 Å². The summed E-state index contributed by atoms with van der Waals surface area (Å²) in [5.41, 5.74) is 0.986. The van der Waals surface area contributed by atoms with Gasteiger partial charge in [0.05, 0.1) is 18.8 Å². The van der Waals surface area contributed by atoms with Crippen molar-refractivity contribution in [3.05, 3.63) is 53.7 Å². The van der Waals surface area contributed by atoms with Gasteiger partial charge >= 0.3 is 0 Å². The van der Waals surface area contributed by atoms with Gasteiger partial charge in [-0.1, -0.05) is 30.3 Å². The molecule has 1 saturated heterocycles. The molecule has 0 unspecified atom stereocenters. The van der Waals surface area contributed by atoms with Crippen molar-refractivity contribution in [2.24, 2.45) is 0 Å². The Morgan fingerprint density at radius 2 is 2.17 bits per heavy atom. The van der Waals surface area contributed by atoms with Crippen molar-refractivity contribution in [3.63, 3.8) is 0 Å². The zero-order chi connectivity index (χ0) is 16.2. The molecule has 0 bridgehead atoms. The number of hydrogen-bond donors (Lipinski definition) is 1. The number of benzene rings is 1. The molecule has 1 aliphatic rings. The Morgan fingerprint density at radius 3 is 2.87 bits per heavy atom. The molecule has 0 radical (unpaired) electrons. The maximum absolute atomic E-state index is 10.4. The summed E-state index contributed by atoms with van der Waals surface area (Å²) in [7, 11) is 2.11. The minimum atomic E-state index is -0.422. The van der Waals surface area contributed by atoms with Crippen molar-refractivity contribution in [1.82, 2.24) is 14.8 Å². The maximum atomic E-state index is 10.4. The maximum Gasteiger partial charge on any atom is 0.208 e. The average molecular weight is 315 g/mol. The molecule has 23 heavy (non-hydrogen) atoms. The standard InChI is InChI=1S/C18H25N3O2/c1-14-10-19-18(23-14)13-20(2)16-8-9-21(11-16)12-17(22)15-6-4-3-5-7-15/h3-7,10,16-17,22H,8-9,11-13H2,1-2H3/t16-,17+/m1/s1. The van der Waals surface area contributed by atoms with Crippen molar-refractivity contribution in [3.8, 4) is 0 Å². The second kappa shape index (κ2) is 7.25. The second-order valence-corrected chi connectivity index (χ2v) is 6.41. The molecule has 0 saturated carbocycles. The van der Waals surface area contributed by atoms with Crippen LogP contribution in [0, 0.1) is 6.92 Å². The van der Waals surface area contributed by atoms with Gasteiger partial charge < -0.3 is 9.52 Å². The van der Waals surface area contributed by atoms with E-state index in [1.165, 1.54) is 0 Å². The van der Waals surface area contributed by atoms with Crippen molar-refractivity contribution in [2.75, 3.05) is 26.7 Å². The monoisotopic (exact) mass is 315 g/mol. The Kier molecular flexibility index (Phi) is 5.10. The van der Waals surface area contributed by atoms with Crippen molar-refractivity contribution >= 4 is 0 Å². The third-order valence-corrected chi connectivity index (χ3v) is 4.54. The fraction of sp³-hybridized carbons (Fsp3) is 0.500. The summed E-state index contributed by atoms with van der Waals surface area (Å²) >= 11 is 0. The quantitative estimate of drug-likeness (QED) is 0.886. The lowest BCUT2D eigenvalue weighted by Crippen LogP contribution is -2.35. The molecule has 1 aliphatic heterocycles. The fourth-order valence-corrected chi connectivity index (χ4v) is 3.18. The third kappa shape index (κ3) is 4.19. The summed E-state index contributed by atoms with van der Waals surface area (Å²) in [5, 5.41) is 10.4. The van der Waals surface area contributed by atoms with E-state index in [0.717, 1.165) is 43.3 Å². The largest absolute Gasteiger partial charge is 0.445 e. The molecule has 3 rings (SSSR count). The number of aliphatic hydroxyl groups excluding tert-OH is 1. The van der Waals surface area contributed by atoms with Gasteiger partial charge in [-0.15, -0.1) is 0 Å². The van der Waals surface area contributed by atoms with Gasteiger partial charge in [0.2, 0.25) is 5.89 Å². The Hall–Kier alpha value is -1.69. The van der Waals surface area contributed by atoms with E-state index in [1.54, 1.807) is 6.20 Å². The number of β-amino-alcohol motifs (C(OH)–C–C–N with tert-alkyl or cyclic N) is 1. The first-order chi connectivity index (χ1) is 11.1. The van der Waals surface area contributed by atoms with E-state index in [1.807, 2.05) is 37.3 Å². The van der Waals surface area contributed by atoms with Gasteiger partial charge in [0, 0.05) is 19.1 Å². The average Bonchev–Trinajstić information content (AvgIpc) is 3.17. The van der Waals surface area contributed by atoms with Crippen LogP contribution in [0.3, 0.4) is 0 Å². The summed E-state index contributed by atoms with van der Waals surface area (Å²) in [6, 6.07) is 10.4. The Balaban J connectivity index is 1.50. The molecule has 2 atom stereocenters. The highest BCUT2D eigenvalue weighted by Gasteiger charge is 2.27. The van der Waals surface area contributed by atoms with Crippen LogP contribution in [-0.2, 0) is 6.54 Å². The lowest BCUT2D eigenvalue weighted by atomic mass is 10.1. The summed E-state index contributed by atoms with van der Waals surface area (Å²) in [5.74, 6) is 1.63. The minimum absolute atomic E-state index is 0.422. The van der Waals surface area contributed by atoms with Crippen molar-refractivity contribution in [1.29, 1.82) is 0 Å². The molecule has 2 aromatic rings. The fourth-order valence-electron chi connectivity index (χ4n) is 3.18. The minimum Gasteiger partial charge on any atom is -0.445 e. The van der Waals surface area contributed by atoms with Crippen LogP contribution in [0.5, 0.6) is 0 Å². The van der Waals surface area contributed by atoms with Crippen LogP contribution in [0.15, 0.2) is 40.9 Å². The number of likely N-dealkylation sites (tertiary alicyclic amines) is 1. The van der Waals surface area contributed by atoms with Gasteiger partial charge in [0.1, 0.15) is 5.76 Å². The van der Waals surface area contributed by atoms with E-state index in [-0.39, 0.29) is 0 Å². The highest BCUT2D eigenvalue weighted by molar-refractivity contribution is 5.17. The summed E-state index contributed by atoms with van der Waals surface area (Å²) < 4.78 is 5.56. The highest BCUT2D eigenvalue weighted by atomic mass is 16.4. The number of rotatable bonds is 6. The molecule has 2 heterocycles. The lowest BCUT2D eigenvalue weighted by molar-refractivity contribution is 0.119. The van der Waals surface area contributed by atoms with E-state index < -0.39 is 6.10 Å². The van der Waals surface area contributed by atoms with Crippen LogP contribution in [0.4, 0.5) is 0 Å². The first-order valence-electron chi connectivity index (χ1n) is 8.18. The molecular formula is C18H25N3O2. The predicted molar refractivity (Wildman–Crippen MR) is 89.0 cm³/mol. The number of aryl methyl sites for hydroxylation is 1. The first-order valence-corrected chi connectivity index (χ1v) is 8.18. The first kappa shape index (κ1) is 16.2. The number of aromatic nitrogens is 1. The normalized spacial score (nSPS) is 20.3. The Bertz CT molecular complexity index is 614. The van der Waals surface area contributed by atoms with Crippen LogP contribution < -0.4 is 0 Å². The molecule has 0 amide bonds. The highest BCUT2D eigenvalue weighted by Crippen LogP contribution is 2.20. The van der Waals surface area contributed by atoms with Crippen molar-refractivity contribution < 1.29 is 9.52 Å². The second-order valence-electron chi connectivity index (χ2n) is 6.41. The molecule has 1 N–H and O–H groups in total. The summed E-state index contributed by atoms with van der Waals surface area (Å²) in [6.07, 6.45) is 2.45. The van der Waals surface area contributed by atoms with Gasteiger partial charge in [-0.3, -0.25) is 9.80 Å². The van der Waals surface area contributed by atoms with Gasteiger partial charge in [0.15, 0.2) is 0 Å². The van der Waals surface area contributed by atoms with Crippen LogP contribution >= 0.6 is 0 Å². The number of likely N-dealkylation sites (N-methyl/N-ethyl adjacent to an activating group) is 1. The van der Waals surface area contributed by atoms with Gasteiger partial charge in [-0.05, 0) is 32.5 Å². The molecule has 0 spiro atoms. The zero-order valence-corrected chi connectivity index (χ0v) is 13.9. The number of nitrogens with zero attached hydrogens (tertiary/aromatic N) is 3. The molecule has 1 aromatic heterocycles. The van der Waals surface area contributed by atoms with Gasteiger partial charge in [0.25, 0.3) is 0 Å². The molecular weight excluding hydrogens is 290 g/mol. The van der Waals surface area contributed by atoms with Crippen LogP contribution in [0.25, 0.3) is 0 Å². The van der Waals surface area contributed by atoms with Crippen LogP contribution in [0.1, 0.15) is 29.7 Å². The molecule has 1 aromatic carbocycles. The number of aliphatic hydroxyl groups is 1. The number of oxazole rings is 1. The van der Waals surface area contributed by atoms with E-state index in [9.17, 15) is 5.11 Å². The summed E-state index contributed by atoms with van der Waals surface area (Å²) in [6.45, 7) is 5.32. The molecule has 5 nitrogen and oxygen atoms in total. The summed E-state index contributed by atoms with van der Waals surface area (Å²) in [4.78, 5) is 8.90. The molecule has 5 heteroatoms. The van der Waals surface area contributed by atoms with E-state index in [4.69, 9.17) is 4.42 Å². The molecule has 124 valence electrons. The SMILES string of the molecule is Cc1cnc(CN(C)[C@@H]2CCN(C[C@H](O)c3ccccc3)C2)o1. The smallest absolute Gasteiger partial charge is 0.208 e. The Morgan fingerprint density at radius 1 is 1.39 bits per heavy atom. The van der Waals surface area contributed by atoms with E-state index in [0.29, 0.717) is 12.6 Å². The van der Waals surface area contributed by atoms with Crippen LogP contribution in [-0.4, -0.2) is 52.6 Å². The third-order valence-electron chi connectivity index (χ3n) is 4.54.